The monoisotopic (exact) mass is 227 g/mol. The summed E-state index contributed by atoms with van der Waals surface area (Å²) in [5.74, 6) is 1.10. The molecule has 2 aliphatic rings. The highest BCUT2D eigenvalue weighted by atomic mass is 32.1. The van der Waals surface area contributed by atoms with E-state index in [9.17, 15) is 0 Å². The van der Waals surface area contributed by atoms with Crippen LogP contribution in [0.25, 0.3) is 0 Å². The first-order chi connectivity index (χ1) is 7.35. The predicted octanol–water partition coefficient (Wildman–Crippen LogP) is 3.35. The van der Waals surface area contributed by atoms with Crippen molar-refractivity contribution in [3.8, 4) is 0 Å². The second kappa shape index (κ2) is 5.58. The fraction of sp³-hybridized carbons (Fsp3) is 1.00. The van der Waals surface area contributed by atoms with Crippen LogP contribution in [0.2, 0.25) is 0 Å². The topological polar surface area (TPSA) is 3.24 Å². The lowest BCUT2D eigenvalue weighted by Gasteiger charge is -2.33. The number of hydrogen-bond donors (Lipinski definition) is 1. The van der Waals surface area contributed by atoms with E-state index < -0.39 is 0 Å². The molecular weight excluding hydrogens is 202 g/mol. The highest BCUT2D eigenvalue weighted by Gasteiger charge is 2.34. The Hall–Kier alpha value is 0.310. The molecule has 0 atom stereocenters. The van der Waals surface area contributed by atoms with Crippen molar-refractivity contribution in [1.82, 2.24) is 4.90 Å². The number of hydrogen-bond acceptors (Lipinski definition) is 2. The van der Waals surface area contributed by atoms with E-state index in [1.54, 1.807) is 0 Å². The lowest BCUT2D eigenvalue weighted by Crippen LogP contribution is -2.38. The maximum atomic E-state index is 4.60. The molecule has 1 heterocycles. The highest BCUT2D eigenvalue weighted by molar-refractivity contribution is 7.80. The molecule has 15 heavy (non-hydrogen) atoms. The molecule has 0 N–H and O–H groups in total. The Morgan fingerprint density at radius 1 is 0.867 bits per heavy atom. The van der Waals surface area contributed by atoms with Gasteiger partial charge >= 0.3 is 0 Å². The van der Waals surface area contributed by atoms with Crippen LogP contribution in [-0.4, -0.2) is 30.3 Å². The van der Waals surface area contributed by atoms with Crippen LogP contribution in [0.15, 0.2) is 0 Å². The van der Waals surface area contributed by atoms with Gasteiger partial charge in [-0.1, -0.05) is 25.7 Å². The molecule has 1 saturated carbocycles. The second-order valence-electron chi connectivity index (χ2n) is 5.56. The lowest BCUT2D eigenvalue weighted by molar-refractivity contribution is 0.176. The normalized spacial score (nSPS) is 27.8. The molecule has 1 saturated heterocycles. The molecule has 0 radical (unpaired) electrons. The Kier molecular flexibility index (Phi) is 4.39. The van der Waals surface area contributed by atoms with Crippen LogP contribution in [0.1, 0.15) is 51.4 Å². The van der Waals surface area contributed by atoms with Crippen LogP contribution >= 0.6 is 12.6 Å². The van der Waals surface area contributed by atoms with E-state index in [0.717, 1.165) is 5.75 Å². The Labute approximate surface area is 100 Å². The van der Waals surface area contributed by atoms with Gasteiger partial charge in [0, 0.05) is 6.54 Å². The molecule has 0 aromatic heterocycles. The summed E-state index contributed by atoms with van der Waals surface area (Å²) >= 11 is 4.60. The molecule has 1 aliphatic heterocycles. The minimum absolute atomic E-state index is 0.577. The van der Waals surface area contributed by atoms with Crippen molar-refractivity contribution in [2.45, 2.75) is 51.4 Å². The molecule has 1 nitrogen and oxygen atoms in total. The van der Waals surface area contributed by atoms with Gasteiger partial charge in [0.1, 0.15) is 0 Å². The van der Waals surface area contributed by atoms with E-state index in [0.29, 0.717) is 5.41 Å². The summed E-state index contributed by atoms with van der Waals surface area (Å²) in [5.41, 5.74) is 0.577. The van der Waals surface area contributed by atoms with Gasteiger partial charge in [0.25, 0.3) is 0 Å². The SMILES string of the molecule is SCC1(CN2CCCCCC2)CCCC1. The van der Waals surface area contributed by atoms with Crippen LogP contribution in [-0.2, 0) is 0 Å². The first-order valence-electron chi connectivity index (χ1n) is 6.68. The largest absolute Gasteiger partial charge is 0.303 e. The van der Waals surface area contributed by atoms with Crippen molar-refractivity contribution >= 4 is 12.6 Å². The third-order valence-electron chi connectivity index (χ3n) is 4.26. The molecule has 2 heteroatoms. The summed E-state index contributed by atoms with van der Waals surface area (Å²) in [5, 5.41) is 0. The van der Waals surface area contributed by atoms with Gasteiger partial charge in [-0.2, -0.15) is 12.6 Å². The fourth-order valence-corrected chi connectivity index (χ4v) is 3.68. The van der Waals surface area contributed by atoms with E-state index in [-0.39, 0.29) is 0 Å². The zero-order chi connectivity index (χ0) is 10.6. The zero-order valence-corrected chi connectivity index (χ0v) is 10.8. The summed E-state index contributed by atoms with van der Waals surface area (Å²) in [6.07, 6.45) is 11.5. The average molecular weight is 227 g/mol. The first-order valence-corrected chi connectivity index (χ1v) is 7.31. The van der Waals surface area contributed by atoms with Crippen LogP contribution < -0.4 is 0 Å². The van der Waals surface area contributed by atoms with E-state index in [1.165, 1.54) is 71.0 Å². The molecule has 0 bridgehead atoms. The van der Waals surface area contributed by atoms with E-state index >= 15 is 0 Å². The molecule has 88 valence electrons. The van der Waals surface area contributed by atoms with Crippen molar-refractivity contribution in [2.75, 3.05) is 25.4 Å². The van der Waals surface area contributed by atoms with Gasteiger partial charge in [-0.15, -0.1) is 0 Å². The molecule has 0 unspecified atom stereocenters. The summed E-state index contributed by atoms with van der Waals surface area (Å²) in [4.78, 5) is 2.72. The molecule has 1 aliphatic carbocycles. The maximum Gasteiger partial charge on any atom is 0.00458 e. The summed E-state index contributed by atoms with van der Waals surface area (Å²) in [7, 11) is 0. The number of thiol groups is 1. The summed E-state index contributed by atoms with van der Waals surface area (Å²) < 4.78 is 0. The van der Waals surface area contributed by atoms with Crippen LogP contribution in [0, 0.1) is 5.41 Å². The van der Waals surface area contributed by atoms with Gasteiger partial charge in [0.05, 0.1) is 0 Å². The predicted molar refractivity (Wildman–Crippen MR) is 69.7 cm³/mol. The highest BCUT2D eigenvalue weighted by Crippen LogP contribution is 2.39. The molecule has 0 spiro atoms. The third-order valence-corrected chi connectivity index (χ3v) is 4.93. The maximum absolute atomic E-state index is 4.60. The van der Waals surface area contributed by atoms with E-state index in [2.05, 4.69) is 17.5 Å². The van der Waals surface area contributed by atoms with Crippen molar-refractivity contribution in [2.24, 2.45) is 5.41 Å². The van der Waals surface area contributed by atoms with Gasteiger partial charge in [-0.3, -0.25) is 0 Å². The second-order valence-corrected chi connectivity index (χ2v) is 5.87. The average Bonchev–Trinajstić information content (AvgIpc) is 2.57. The Balaban J connectivity index is 1.87. The Bertz CT molecular complexity index is 179. The van der Waals surface area contributed by atoms with Gasteiger partial charge in [0.2, 0.25) is 0 Å². The number of rotatable bonds is 3. The van der Waals surface area contributed by atoms with Gasteiger partial charge in [-0.05, 0) is 49.9 Å². The first kappa shape index (κ1) is 11.8. The molecule has 2 rings (SSSR count). The summed E-state index contributed by atoms with van der Waals surface area (Å²) in [6.45, 7) is 4.02. The molecule has 0 amide bonds. The minimum atomic E-state index is 0.577. The van der Waals surface area contributed by atoms with Gasteiger partial charge in [-0.25, -0.2) is 0 Å². The van der Waals surface area contributed by atoms with Crippen LogP contribution in [0.5, 0.6) is 0 Å². The third kappa shape index (κ3) is 3.13. The van der Waals surface area contributed by atoms with Crippen molar-refractivity contribution in [3.63, 3.8) is 0 Å². The Morgan fingerprint density at radius 3 is 2.00 bits per heavy atom. The fourth-order valence-electron chi connectivity index (χ4n) is 3.26. The zero-order valence-electron chi connectivity index (χ0n) is 9.88. The smallest absolute Gasteiger partial charge is 0.00458 e. The standard InChI is InChI=1S/C13H25NS/c15-12-13(7-3-4-8-13)11-14-9-5-1-2-6-10-14/h15H,1-12H2. The summed E-state index contributed by atoms with van der Waals surface area (Å²) in [6, 6.07) is 0. The van der Waals surface area contributed by atoms with Crippen molar-refractivity contribution < 1.29 is 0 Å². The molecular formula is C13H25NS. The van der Waals surface area contributed by atoms with Gasteiger partial charge in [0.15, 0.2) is 0 Å². The Morgan fingerprint density at radius 2 is 1.47 bits per heavy atom. The van der Waals surface area contributed by atoms with Crippen molar-refractivity contribution in [1.29, 1.82) is 0 Å². The molecule has 0 aromatic rings. The van der Waals surface area contributed by atoms with Gasteiger partial charge < -0.3 is 4.90 Å². The molecule has 2 fully saturated rings. The number of nitrogens with zero attached hydrogens (tertiary/aromatic N) is 1. The van der Waals surface area contributed by atoms with Crippen LogP contribution in [0.4, 0.5) is 0 Å². The molecule has 0 aromatic carbocycles. The van der Waals surface area contributed by atoms with E-state index in [4.69, 9.17) is 0 Å². The van der Waals surface area contributed by atoms with Crippen molar-refractivity contribution in [3.05, 3.63) is 0 Å². The number of likely N-dealkylation sites (tertiary alicyclic amines) is 1. The quantitative estimate of drug-likeness (QED) is 0.724. The minimum Gasteiger partial charge on any atom is -0.303 e. The lowest BCUT2D eigenvalue weighted by atomic mass is 9.88. The van der Waals surface area contributed by atoms with Crippen LogP contribution in [0.3, 0.4) is 0 Å². The van der Waals surface area contributed by atoms with E-state index in [1.807, 2.05) is 0 Å².